The van der Waals surface area contributed by atoms with Crippen LogP contribution in [0.4, 0.5) is 4.39 Å². The number of nitrogens with one attached hydrogen (secondary N) is 1. The lowest BCUT2D eigenvalue weighted by Crippen LogP contribution is -2.39. The summed E-state index contributed by atoms with van der Waals surface area (Å²) in [5.41, 5.74) is 1.11. The molecule has 2 rings (SSSR count). The maximum atomic E-state index is 13.0. The van der Waals surface area contributed by atoms with E-state index in [1.807, 2.05) is 13.1 Å². The molecule has 4 heteroatoms. The average molecular weight is 302 g/mol. The summed E-state index contributed by atoms with van der Waals surface area (Å²) in [4.78, 5) is 0. The van der Waals surface area contributed by atoms with Gasteiger partial charge in [-0.2, -0.15) is 0 Å². The van der Waals surface area contributed by atoms with Crippen LogP contribution in [0.2, 0.25) is 0 Å². The molecule has 2 atom stereocenters. The molecule has 1 aliphatic rings. The van der Waals surface area contributed by atoms with Crippen LogP contribution in [0.1, 0.15) is 18.4 Å². The summed E-state index contributed by atoms with van der Waals surface area (Å²) >= 11 is 3.40. The number of halogens is 2. The highest BCUT2D eigenvalue weighted by Gasteiger charge is 2.25. The Bertz CT molecular complexity index is 380. The van der Waals surface area contributed by atoms with Crippen LogP contribution in [0.25, 0.3) is 0 Å². The lowest BCUT2D eigenvalue weighted by molar-refractivity contribution is 0.0808. The molecule has 1 aromatic carbocycles. The summed E-state index contributed by atoms with van der Waals surface area (Å²) in [5, 5.41) is 3.29. The molecule has 2 nitrogen and oxygen atoms in total. The lowest BCUT2D eigenvalue weighted by Gasteiger charge is -2.23. The van der Waals surface area contributed by atoms with Gasteiger partial charge in [-0.3, -0.25) is 0 Å². The van der Waals surface area contributed by atoms with Crippen molar-refractivity contribution in [2.75, 3.05) is 13.7 Å². The van der Waals surface area contributed by atoms with Gasteiger partial charge < -0.3 is 10.1 Å². The highest BCUT2D eigenvalue weighted by molar-refractivity contribution is 9.10. The molecule has 0 aromatic heterocycles. The number of hydrogen-bond donors (Lipinski definition) is 1. The number of benzene rings is 1. The number of likely N-dealkylation sites (N-methyl/N-ethyl adjacent to an activating group) is 1. The normalized spacial score (nSPS) is 21.7. The average Bonchev–Trinajstić information content (AvgIpc) is 2.81. The predicted octanol–water partition coefficient (Wildman–Crippen LogP) is 2.90. The van der Waals surface area contributed by atoms with Gasteiger partial charge in [-0.1, -0.05) is 22.0 Å². The molecule has 1 aliphatic heterocycles. The first kappa shape index (κ1) is 13.0. The predicted molar refractivity (Wildman–Crippen MR) is 69.6 cm³/mol. The molecule has 0 saturated carbocycles. The quantitative estimate of drug-likeness (QED) is 0.923. The summed E-state index contributed by atoms with van der Waals surface area (Å²) in [6.45, 7) is 0.855. The minimum atomic E-state index is -0.209. The highest BCUT2D eigenvalue weighted by Crippen LogP contribution is 2.23. The topological polar surface area (TPSA) is 21.3 Å². The van der Waals surface area contributed by atoms with Gasteiger partial charge >= 0.3 is 0 Å². The Morgan fingerprint density at radius 1 is 1.59 bits per heavy atom. The van der Waals surface area contributed by atoms with Crippen LogP contribution in [0.15, 0.2) is 22.7 Å². The third-order valence-corrected chi connectivity index (χ3v) is 3.98. The number of rotatable bonds is 4. The van der Waals surface area contributed by atoms with Crippen molar-refractivity contribution in [2.45, 2.75) is 31.4 Å². The van der Waals surface area contributed by atoms with Crippen molar-refractivity contribution in [3.05, 3.63) is 34.1 Å². The first-order chi connectivity index (χ1) is 8.20. The van der Waals surface area contributed by atoms with Crippen molar-refractivity contribution in [3.8, 4) is 0 Å². The zero-order chi connectivity index (χ0) is 12.3. The largest absolute Gasteiger partial charge is 0.377 e. The molecule has 0 radical (unpaired) electrons. The fourth-order valence-electron chi connectivity index (χ4n) is 2.26. The van der Waals surface area contributed by atoms with Crippen molar-refractivity contribution >= 4 is 15.9 Å². The van der Waals surface area contributed by atoms with E-state index in [1.165, 1.54) is 12.1 Å². The molecule has 0 amide bonds. The Morgan fingerprint density at radius 3 is 3.00 bits per heavy atom. The zero-order valence-corrected chi connectivity index (χ0v) is 11.5. The van der Waals surface area contributed by atoms with E-state index in [1.54, 1.807) is 0 Å². The van der Waals surface area contributed by atoms with Gasteiger partial charge in [0, 0.05) is 17.1 Å². The fourth-order valence-corrected chi connectivity index (χ4v) is 2.78. The molecule has 0 bridgehead atoms. The maximum absolute atomic E-state index is 13.0. The standard InChI is InChI=1S/C13H17BrFNO/c1-16-12(13-3-2-6-17-13)7-9-4-5-10(15)8-11(9)14/h4-5,8,12-13,16H,2-3,6-7H2,1H3. The van der Waals surface area contributed by atoms with E-state index in [4.69, 9.17) is 4.74 Å². The van der Waals surface area contributed by atoms with Crippen molar-refractivity contribution in [1.29, 1.82) is 0 Å². The summed E-state index contributed by atoms with van der Waals surface area (Å²) in [7, 11) is 1.95. The molecule has 1 fully saturated rings. The van der Waals surface area contributed by atoms with E-state index in [0.29, 0.717) is 6.04 Å². The Balaban J connectivity index is 2.06. The molecular weight excluding hydrogens is 285 g/mol. The lowest BCUT2D eigenvalue weighted by atomic mass is 9.99. The molecule has 1 saturated heterocycles. The minimum absolute atomic E-state index is 0.209. The zero-order valence-electron chi connectivity index (χ0n) is 9.88. The van der Waals surface area contributed by atoms with Crippen molar-refractivity contribution in [2.24, 2.45) is 0 Å². The molecule has 1 heterocycles. The minimum Gasteiger partial charge on any atom is -0.377 e. The van der Waals surface area contributed by atoms with Gasteiger partial charge in [0.05, 0.1) is 6.10 Å². The highest BCUT2D eigenvalue weighted by atomic mass is 79.9. The molecule has 0 aliphatic carbocycles. The van der Waals surface area contributed by atoms with Gasteiger partial charge in [-0.05, 0) is 44.0 Å². The Labute approximate surface area is 110 Å². The van der Waals surface area contributed by atoms with Crippen LogP contribution >= 0.6 is 15.9 Å². The first-order valence-corrected chi connectivity index (χ1v) is 6.73. The van der Waals surface area contributed by atoms with Crippen LogP contribution in [0, 0.1) is 5.82 Å². The van der Waals surface area contributed by atoms with Gasteiger partial charge in [0.2, 0.25) is 0 Å². The molecule has 2 unspecified atom stereocenters. The summed E-state index contributed by atoms with van der Waals surface area (Å²) in [6, 6.07) is 5.14. The van der Waals surface area contributed by atoms with Crippen LogP contribution in [-0.4, -0.2) is 25.8 Å². The monoisotopic (exact) mass is 301 g/mol. The third kappa shape index (κ3) is 3.27. The van der Waals surface area contributed by atoms with Crippen LogP contribution in [0.3, 0.4) is 0 Å². The third-order valence-electron chi connectivity index (χ3n) is 3.24. The van der Waals surface area contributed by atoms with Gasteiger partial charge in [-0.15, -0.1) is 0 Å². The van der Waals surface area contributed by atoms with Gasteiger partial charge in [0.15, 0.2) is 0 Å². The van der Waals surface area contributed by atoms with Gasteiger partial charge in [-0.25, -0.2) is 4.39 Å². The smallest absolute Gasteiger partial charge is 0.124 e. The van der Waals surface area contributed by atoms with Crippen LogP contribution in [0.5, 0.6) is 0 Å². The van der Waals surface area contributed by atoms with E-state index in [2.05, 4.69) is 21.2 Å². The second-order valence-corrected chi connectivity index (χ2v) is 5.24. The van der Waals surface area contributed by atoms with Crippen molar-refractivity contribution < 1.29 is 9.13 Å². The summed E-state index contributed by atoms with van der Waals surface area (Å²) in [6.07, 6.45) is 3.36. The first-order valence-electron chi connectivity index (χ1n) is 5.93. The molecule has 94 valence electrons. The molecule has 17 heavy (non-hydrogen) atoms. The fraction of sp³-hybridized carbons (Fsp3) is 0.538. The van der Waals surface area contributed by atoms with Gasteiger partial charge in [0.25, 0.3) is 0 Å². The number of ether oxygens (including phenoxy) is 1. The van der Waals surface area contributed by atoms with Crippen molar-refractivity contribution in [3.63, 3.8) is 0 Å². The van der Waals surface area contributed by atoms with Crippen LogP contribution in [-0.2, 0) is 11.2 Å². The van der Waals surface area contributed by atoms with E-state index >= 15 is 0 Å². The molecule has 1 N–H and O–H groups in total. The van der Waals surface area contributed by atoms with E-state index in [-0.39, 0.29) is 11.9 Å². The number of hydrogen-bond acceptors (Lipinski definition) is 2. The SMILES string of the molecule is CNC(Cc1ccc(F)cc1Br)C1CCCO1. The van der Waals surface area contributed by atoms with Crippen molar-refractivity contribution in [1.82, 2.24) is 5.32 Å². The van der Waals surface area contributed by atoms with E-state index in [9.17, 15) is 4.39 Å². The van der Waals surface area contributed by atoms with Crippen LogP contribution < -0.4 is 5.32 Å². The Kier molecular flexibility index (Phi) is 4.54. The van der Waals surface area contributed by atoms with E-state index < -0.39 is 0 Å². The maximum Gasteiger partial charge on any atom is 0.124 e. The molecule has 0 spiro atoms. The van der Waals surface area contributed by atoms with E-state index in [0.717, 1.165) is 35.9 Å². The van der Waals surface area contributed by atoms with Gasteiger partial charge in [0.1, 0.15) is 5.82 Å². The Morgan fingerprint density at radius 2 is 2.41 bits per heavy atom. The second kappa shape index (κ2) is 5.94. The Hall–Kier alpha value is -0.450. The second-order valence-electron chi connectivity index (χ2n) is 4.39. The summed E-state index contributed by atoms with van der Waals surface area (Å²) < 4.78 is 19.5. The summed E-state index contributed by atoms with van der Waals surface area (Å²) in [5.74, 6) is -0.209. The molecule has 1 aromatic rings. The molecular formula is C13H17BrFNO.